The van der Waals surface area contributed by atoms with Gasteiger partial charge in [0.05, 0.1) is 0 Å². The fourth-order valence-corrected chi connectivity index (χ4v) is 0.757. The van der Waals surface area contributed by atoms with Gasteiger partial charge in [0.25, 0.3) is 0 Å². The van der Waals surface area contributed by atoms with Crippen molar-refractivity contribution in [2.75, 3.05) is 6.61 Å². The number of hydrogen-bond donors (Lipinski definition) is 1. The number of hydrogen-bond acceptors (Lipinski definition) is 5. The van der Waals surface area contributed by atoms with Crippen molar-refractivity contribution >= 4 is 11.9 Å². The highest BCUT2D eigenvalue weighted by Gasteiger charge is 2.07. The smallest absolute Gasteiger partial charge is 0.379 e. The first kappa shape index (κ1) is 11.9. The fraction of sp³-hybridized carbons (Fsp3) is 0.750. The lowest BCUT2D eigenvalue weighted by atomic mass is 10.2. The highest BCUT2D eigenvalue weighted by molar-refractivity contribution is 5.75. The molecule has 76 valence electrons. The number of unbranched alkanes of at least 4 members (excludes halogenated alkanes) is 2. The van der Waals surface area contributed by atoms with Gasteiger partial charge in [0.15, 0.2) is 6.61 Å². The molecule has 0 amide bonds. The summed E-state index contributed by atoms with van der Waals surface area (Å²) in [5.41, 5.74) is 0. The van der Waals surface area contributed by atoms with Crippen LogP contribution in [0.1, 0.15) is 32.6 Å². The molecule has 0 spiro atoms. The first-order valence-electron chi connectivity index (χ1n) is 4.20. The molecule has 0 bridgehead atoms. The van der Waals surface area contributed by atoms with Gasteiger partial charge in [0, 0.05) is 6.42 Å². The Morgan fingerprint density at radius 3 is 2.46 bits per heavy atom. The van der Waals surface area contributed by atoms with Crippen molar-refractivity contribution in [3.63, 3.8) is 0 Å². The molecule has 0 saturated carbocycles. The van der Waals surface area contributed by atoms with Crippen LogP contribution in [0.3, 0.4) is 0 Å². The zero-order valence-corrected chi connectivity index (χ0v) is 7.62. The highest BCUT2D eigenvalue weighted by Crippen LogP contribution is 2.00. The molecule has 0 radical (unpaired) electrons. The molecule has 0 fully saturated rings. The van der Waals surface area contributed by atoms with E-state index >= 15 is 0 Å². The molecule has 0 saturated heterocycles. The van der Waals surface area contributed by atoms with Gasteiger partial charge >= 0.3 is 11.9 Å². The third kappa shape index (κ3) is 7.27. The Labute approximate surface area is 76.6 Å². The van der Waals surface area contributed by atoms with Crippen molar-refractivity contribution in [3.05, 3.63) is 0 Å². The average Bonchev–Trinajstić information content (AvgIpc) is 2.14. The number of ether oxygens (including phenoxy) is 1. The van der Waals surface area contributed by atoms with E-state index in [0.717, 1.165) is 19.3 Å². The third-order valence-electron chi connectivity index (χ3n) is 1.44. The molecule has 0 unspecified atom stereocenters. The molecule has 0 atom stereocenters. The highest BCUT2D eigenvalue weighted by atomic mass is 17.1. The minimum absolute atomic E-state index is 0.298. The van der Waals surface area contributed by atoms with Crippen LogP contribution in [0.4, 0.5) is 0 Å². The van der Waals surface area contributed by atoms with Crippen LogP contribution in [0, 0.1) is 0 Å². The molecule has 0 aromatic heterocycles. The van der Waals surface area contributed by atoms with Crippen molar-refractivity contribution in [1.82, 2.24) is 0 Å². The van der Waals surface area contributed by atoms with Crippen molar-refractivity contribution in [3.8, 4) is 0 Å². The summed E-state index contributed by atoms with van der Waals surface area (Å²) in [4.78, 5) is 24.4. The summed E-state index contributed by atoms with van der Waals surface area (Å²) in [5, 5.41) is 7.82. The molecule has 0 aliphatic carbocycles. The number of carbonyl (C=O) groups is 2. The third-order valence-corrected chi connectivity index (χ3v) is 1.44. The van der Waals surface area contributed by atoms with Gasteiger partial charge < -0.3 is 4.74 Å². The molecule has 0 aromatic rings. The quantitative estimate of drug-likeness (QED) is 0.294. The van der Waals surface area contributed by atoms with E-state index in [1.807, 2.05) is 6.92 Å². The minimum Gasteiger partial charge on any atom is -0.454 e. The molecule has 0 heterocycles. The Kier molecular flexibility index (Phi) is 6.91. The zero-order chi connectivity index (χ0) is 10.1. The van der Waals surface area contributed by atoms with Crippen molar-refractivity contribution < 1.29 is 24.5 Å². The topological polar surface area (TPSA) is 72.8 Å². The van der Waals surface area contributed by atoms with Crippen LogP contribution < -0.4 is 0 Å². The molecule has 0 rings (SSSR count). The maximum Gasteiger partial charge on any atom is 0.379 e. The van der Waals surface area contributed by atoms with Crippen LogP contribution >= 0.6 is 0 Å². The monoisotopic (exact) mass is 190 g/mol. The van der Waals surface area contributed by atoms with Gasteiger partial charge in [-0.25, -0.2) is 4.79 Å². The summed E-state index contributed by atoms with van der Waals surface area (Å²) >= 11 is 0. The van der Waals surface area contributed by atoms with Gasteiger partial charge in [-0.15, -0.1) is 0 Å². The van der Waals surface area contributed by atoms with Crippen LogP contribution in [0.2, 0.25) is 0 Å². The van der Waals surface area contributed by atoms with E-state index in [1.165, 1.54) is 0 Å². The molecule has 5 nitrogen and oxygen atoms in total. The molecule has 0 aliphatic heterocycles. The zero-order valence-electron chi connectivity index (χ0n) is 7.62. The second-order valence-electron chi connectivity index (χ2n) is 2.58. The van der Waals surface area contributed by atoms with Gasteiger partial charge in [-0.3, -0.25) is 9.68 Å². The fourth-order valence-electron chi connectivity index (χ4n) is 0.757. The van der Waals surface area contributed by atoms with E-state index < -0.39 is 18.5 Å². The van der Waals surface area contributed by atoms with E-state index in [9.17, 15) is 9.59 Å². The minimum atomic E-state index is -0.969. The van der Waals surface area contributed by atoms with Crippen molar-refractivity contribution in [1.29, 1.82) is 0 Å². The normalized spacial score (nSPS) is 9.38. The van der Waals surface area contributed by atoms with Gasteiger partial charge in [-0.2, -0.15) is 5.26 Å². The van der Waals surface area contributed by atoms with Crippen LogP contribution in [0.25, 0.3) is 0 Å². The SMILES string of the molecule is CCCCCC(=O)OCC(=O)OO. The van der Waals surface area contributed by atoms with E-state index in [1.54, 1.807) is 0 Å². The van der Waals surface area contributed by atoms with Gasteiger partial charge in [0.1, 0.15) is 0 Å². The van der Waals surface area contributed by atoms with E-state index in [4.69, 9.17) is 5.26 Å². The molecule has 1 N–H and O–H groups in total. The number of rotatable bonds is 6. The maximum atomic E-state index is 10.8. The van der Waals surface area contributed by atoms with Gasteiger partial charge in [-0.1, -0.05) is 19.8 Å². The summed E-state index contributed by atoms with van der Waals surface area (Å²) < 4.78 is 4.47. The van der Waals surface area contributed by atoms with Crippen molar-refractivity contribution in [2.45, 2.75) is 32.6 Å². The van der Waals surface area contributed by atoms with Crippen LogP contribution in [0.5, 0.6) is 0 Å². The molecule has 13 heavy (non-hydrogen) atoms. The molecule has 0 aliphatic rings. The largest absolute Gasteiger partial charge is 0.454 e. The molecular formula is C8H14O5. The lowest BCUT2D eigenvalue weighted by molar-refractivity contribution is -0.238. The molecular weight excluding hydrogens is 176 g/mol. The van der Waals surface area contributed by atoms with E-state index in [-0.39, 0.29) is 0 Å². The standard InChI is InChI=1S/C8H14O5/c1-2-3-4-5-7(9)12-6-8(10)13-11/h11H,2-6H2,1H3. The predicted molar refractivity (Wildman–Crippen MR) is 43.8 cm³/mol. The summed E-state index contributed by atoms with van der Waals surface area (Å²) in [5.74, 6) is -1.41. The lowest BCUT2D eigenvalue weighted by Gasteiger charge is -2.01. The summed E-state index contributed by atoms with van der Waals surface area (Å²) in [6, 6.07) is 0. The summed E-state index contributed by atoms with van der Waals surface area (Å²) in [6.45, 7) is 1.50. The Hall–Kier alpha value is -1.10. The van der Waals surface area contributed by atoms with Gasteiger partial charge in [0.2, 0.25) is 0 Å². The number of esters is 1. The van der Waals surface area contributed by atoms with Crippen LogP contribution in [-0.4, -0.2) is 23.8 Å². The van der Waals surface area contributed by atoms with E-state index in [2.05, 4.69) is 9.62 Å². The second kappa shape index (κ2) is 7.54. The van der Waals surface area contributed by atoms with E-state index in [0.29, 0.717) is 6.42 Å². The predicted octanol–water partition coefficient (Wildman–Crippen LogP) is 1.13. The number of carbonyl (C=O) groups excluding carboxylic acids is 2. The Morgan fingerprint density at radius 1 is 1.23 bits per heavy atom. The van der Waals surface area contributed by atoms with Crippen molar-refractivity contribution in [2.24, 2.45) is 0 Å². The Balaban J connectivity index is 3.35. The Bertz CT molecular complexity index is 166. The maximum absolute atomic E-state index is 10.8. The lowest BCUT2D eigenvalue weighted by Crippen LogP contribution is -2.14. The van der Waals surface area contributed by atoms with Crippen LogP contribution in [-0.2, 0) is 19.2 Å². The Morgan fingerprint density at radius 2 is 1.92 bits per heavy atom. The first-order valence-corrected chi connectivity index (χ1v) is 4.20. The molecule has 5 heteroatoms. The second-order valence-corrected chi connectivity index (χ2v) is 2.58. The molecule has 0 aromatic carbocycles. The summed E-state index contributed by atoms with van der Waals surface area (Å²) in [6.07, 6.45) is 3.03. The average molecular weight is 190 g/mol. The van der Waals surface area contributed by atoms with Crippen LogP contribution in [0.15, 0.2) is 0 Å². The van der Waals surface area contributed by atoms with Gasteiger partial charge in [-0.05, 0) is 6.42 Å². The first-order chi connectivity index (χ1) is 6.20. The summed E-state index contributed by atoms with van der Waals surface area (Å²) in [7, 11) is 0.